The number of ketones is 1. The van der Waals surface area contributed by atoms with Crippen LogP contribution in [0.1, 0.15) is 17.3 Å². The molecule has 2 aromatic rings. The van der Waals surface area contributed by atoms with E-state index in [1.807, 2.05) is 0 Å². The van der Waals surface area contributed by atoms with Crippen LogP contribution in [-0.2, 0) is 9.53 Å². The molecule has 2 aromatic carbocycles. The van der Waals surface area contributed by atoms with Gasteiger partial charge >= 0.3 is 5.97 Å². The Morgan fingerprint density at radius 2 is 1.85 bits per heavy atom. The highest BCUT2D eigenvalue weighted by molar-refractivity contribution is 6.34. The molecule has 6 nitrogen and oxygen atoms in total. The van der Waals surface area contributed by atoms with Crippen LogP contribution in [0.2, 0.25) is 5.02 Å². The number of benzene rings is 2. The van der Waals surface area contributed by atoms with Gasteiger partial charge in [-0.05, 0) is 37.3 Å². The summed E-state index contributed by atoms with van der Waals surface area (Å²) in [5.74, 6) is -2.17. The van der Waals surface area contributed by atoms with Crippen LogP contribution in [0.4, 0.5) is 10.1 Å². The fourth-order valence-electron chi connectivity index (χ4n) is 2.18. The van der Waals surface area contributed by atoms with E-state index < -0.39 is 24.2 Å². The van der Waals surface area contributed by atoms with Gasteiger partial charge in [0, 0.05) is 11.3 Å². The van der Waals surface area contributed by atoms with Gasteiger partial charge in [-0.3, -0.25) is 4.79 Å². The summed E-state index contributed by atoms with van der Waals surface area (Å²) in [6.45, 7) is 0.882. The Morgan fingerprint density at radius 1 is 1.15 bits per heavy atom. The Hall–Kier alpha value is -3.19. The summed E-state index contributed by atoms with van der Waals surface area (Å²) < 4.78 is 18.3. The number of amidine groups is 1. The third-order valence-corrected chi connectivity index (χ3v) is 3.75. The fourth-order valence-corrected chi connectivity index (χ4v) is 2.42. The predicted octanol–water partition coefficient (Wildman–Crippen LogP) is 3.13. The Morgan fingerprint density at radius 3 is 2.48 bits per heavy atom. The summed E-state index contributed by atoms with van der Waals surface area (Å²) in [6, 6.07) is 11.7. The van der Waals surface area contributed by atoms with Crippen LogP contribution in [-0.4, -0.2) is 24.2 Å². The Bertz CT molecular complexity index is 937. The maximum Gasteiger partial charge on any atom is 0.344 e. The van der Waals surface area contributed by atoms with Gasteiger partial charge in [0.05, 0.1) is 10.7 Å². The summed E-state index contributed by atoms with van der Waals surface area (Å²) in [5, 5.41) is 0.247. The van der Waals surface area contributed by atoms with Crippen LogP contribution in [0.3, 0.4) is 0 Å². The summed E-state index contributed by atoms with van der Waals surface area (Å²) in [6.07, 6.45) is 0. The Kier molecular flexibility index (Phi) is 6.67. The Balaban J connectivity index is 2.15. The fraction of sp³-hybridized carbons (Fsp3) is 0.105. The van der Waals surface area contributed by atoms with Crippen LogP contribution in [0.25, 0.3) is 0 Å². The molecular formula is C19H17ClFN3O3. The Labute approximate surface area is 160 Å². The van der Waals surface area contributed by atoms with E-state index in [0.717, 1.165) is 6.07 Å². The number of carbonyl (C=O) groups is 2. The molecule has 0 amide bonds. The largest absolute Gasteiger partial charge is 0.454 e. The molecular weight excluding hydrogens is 373 g/mol. The first-order valence-corrected chi connectivity index (χ1v) is 8.18. The molecule has 0 spiro atoms. The maximum absolute atomic E-state index is 13.3. The standard InChI is InChI=1S/C19H17ClFN3O3/c1-11(22)17(18(23)24-13-6-4-5-12(21)9-13)19(26)27-10-16(25)14-7-2-3-8-15(14)20/h2-9H,10,22H2,1H3,(H2,23,24). The lowest BCUT2D eigenvalue weighted by atomic mass is 10.1. The number of esters is 1. The molecule has 140 valence electrons. The number of hydrogen-bond acceptors (Lipinski definition) is 5. The van der Waals surface area contributed by atoms with E-state index in [9.17, 15) is 14.0 Å². The lowest BCUT2D eigenvalue weighted by Gasteiger charge is -2.10. The van der Waals surface area contributed by atoms with E-state index in [-0.39, 0.29) is 33.4 Å². The molecule has 0 aliphatic heterocycles. The van der Waals surface area contributed by atoms with E-state index in [1.54, 1.807) is 18.2 Å². The van der Waals surface area contributed by atoms with Gasteiger partial charge in [-0.1, -0.05) is 29.8 Å². The molecule has 4 N–H and O–H groups in total. The van der Waals surface area contributed by atoms with Crippen LogP contribution in [0.5, 0.6) is 0 Å². The highest BCUT2D eigenvalue weighted by Crippen LogP contribution is 2.17. The van der Waals surface area contributed by atoms with Gasteiger partial charge in [-0.25, -0.2) is 14.2 Å². The molecule has 0 aliphatic carbocycles. The summed E-state index contributed by atoms with van der Waals surface area (Å²) in [5.41, 5.74) is 11.8. The molecule has 0 radical (unpaired) electrons. The van der Waals surface area contributed by atoms with Gasteiger partial charge in [0.25, 0.3) is 0 Å². The van der Waals surface area contributed by atoms with E-state index in [1.165, 1.54) is 31.2 Å². The summed E-state index contributed by atoms with van der Waals surface area (Å²) >= 11 is 5.94. The van der Waals surface area contributed by atoms with Crippen LogP contribution >= 0.6 is 11.6 Å². The normalized spacial score (nSPS) is 12.3. The minimum Gasteiger partial charge on any atom is -0.454 e. The van der Waals surface area contributed by atoms with Gasteiger partial charge in [-0.2, -0.15) is 0 Å². The zero-order chi connectivity index (χ0) is 20.0. The molecule has 0 heterocycles. The summed E-state index contributed by atoms with van der Waals surface area (Å²) in [4.78, 5) is 28.4. The second-order valence-corrected chi connectivity index (χ2v) is 5.92. The van der Waals surface area contributed by atoms with Crippen molar-refractivity contribution >= 4 is 34.9 Å². The first-order chi connectivity index (χ1) is 12.8. The lowest BCUT2D eigenvalue weighted by molar-refractivity contribution is -0.137. The molecule has 0 aromatic heterocycles. The predicted molar refractivity (Wildman–Crippen MR) is 101 cm³/mol. The van der Waals surface area contributed by atoms with Crippen LogP contribution in [0, 0.1) is 5.82 Å². The molecule has 27 heavy (non-hydrogen) atoms. The van der Waals surface area contributed by atoms with Crippen molar-refractivity contribution in [2.45, 2.75) is 6.92 Å². The number of Topliss-reactive ketones (excluding diaryl/α,β-unsaturated/α-hetero) is 1. The third kappa shape index (κ3) is 5.39. The van der Waals surface area contributed by atoms with E-state index >= 15 is 0 Å². The zero-order valence-electron chi connectivity index (χ0n) is 14.4. The van der Waals surface area contributed by atoms with Crippen molar-refractivity contribution in [1.29, 1.82) is 0 Å². The zero-order valence-corrected chi connectivity index (χ0v) is 15.2. The SMILES string of the molecule is CC(N)=C(C(=O)OCC(=O)c1ccccc1Cl)C(N)=Nc1cccc(F)c1. The molecule has 0 saturated heterocycles. The molecule has 0 saturated carbocycles. The molecule has 0 aliphatic rings. The molecule has 0 unspecified atom stereocenters. The number of nitrogens with two attached hydrogens (primary N) is 2. The molecule has 2 rings (SSSR count). The first kappa shape index (κ1) is 20.1. The first-order valence-electron chi connectivity index (χ1n) is 7.81. The van der Waals surface area contributed by atoms with Crippen LogP contribution < -0.4 is 11.5 Å². The van der Waals surface area contributed by atoms with Crippen molar-refractivity contribution in [2.24, 2.45) is 16.5 Å². The minimum absolute atomic E-state index is 0.0443. The van der Waals surface area contributed by atoms with Crippen molar-refractivity contribution in [3.05, 3.63) is 76.2 Å². The second kappa shape index (κ2) is 8.95. The monoisotopic (exact) mass is 389 g/mol. The molecule has 0 atom stereocenters. The number of ether oxygens (including phenoxy) is 1. The number of hydrogen-bond donors (Lipinski definition) is 2. The highest BCUT2D eigenvalue weighted by atomic mass is 35.5. The molecule has 0 fully saturated rings. The average Bonchev–Trinajstić information content (AvgIpc) is 2.59. The van der Waals surface area contributed by atoms with Crippen LogP contribution in [0.15, 0.2) is 64.8 Å². The summed E-state index contributed by atoms with van der Waals surface area (Å²) in [7, 11) is 0. The number of aliphatic imine (C=N–C) groups is 1. The van der Waals surface area contributed by atoms with Crippen molar-refractivity contribution < 1.29 is 18.7 Å². The number of nitrogens with zero attached hydrogens (tertiary/aromatic N) is 1. The van der Waals surface area contributed by atoms with Crippen molar-refractivity contribution in [2.75, 3.05) is 6.61 Å². The van der Waals surface area contributed by atoms with Crippen molar-refractivity contribution in [3.8, 4) is 0 Å². The lowest BCUT2D eigenvalue weighted by Crippen LogP contribution is -2.27. The quantitative estimate of drug-likeness (QED) is 0.259. The number of carbonyl (C=O) groups excluding carboxylic acids is 2. The molecule has 0 bridgehead atoms. The van der Waals surface area contributed by atoms with Gasteiger partial charge in [-0.15, -0.1) is 0 Å². The van der Waals surface area contributed by atoms with Gasteiger partial charge in [0.1, 0.15) is 17.2 Å². The van der Waals surface area contributed by atoms with E-state index in [0.29, 0.717) is 0 Å². The smallest absolute Gasteiger partial charge is 0.344 e. The highest BCUT2D eigenvalue weighted by Gasteiger charge is 2.20. The second-order valence-electron chi connectivity index (χ2n) is 5.51. The number of rotatable bonds is 6. The molecule has 8 heteroatoms. The van der Waals surface area contributed by atoms with E-state index in [2.05, 4.69) is 4.99 Å². The maximum atomic E-state index is 13.3. The number of allylic oxidation sites excluding steroid dienone is 1. The van der Waals surface area contributed by atoms with Crippen molar-refractivity contribution in [1.82, 2.24) is 0 Å². The van der Waals surface area contributed by atoms with Gasteiger partial charge in [0.15, 0.2) is 6.61 Å². The van der Waals surface area contributed by atoms with Gasteiger partial charge < -0.3 is 16.2 Å². The minimum atomic E-state index is -0.923. The third-order valence-electron chi connectivity index (χ3n) is 3.42. The number of halogens is 2. The topological polar surface area (TPSA) is 108 Å². The van der Waals surface area contributed by atoms with Gasteiger partial charge in [0.2, 0.25) is 5.78 Å². The van der Waals surface area contributed by atoms with E-state index in [4.69, 9.17) is 27.8 Å². The van der Waals surface area contributed by atoms with Crippen molar-refractivity contribution in [3.63, 3.8) is 0 Å². The average molecular weight is 390 g/mol.